The molecule has 23 heavy (non-hydrogen) atoms. The molecule has 2 aromatic rings. The van der Waals surface area contributed by atoms with E-state index < -0.39 is 4.92 Å². The molecule has 0 bridgehead atoms. The van der Waals surface area contributed by atoms with Crippen LogP contribution in [-0.2, 0) is 4.74 Å². The number of nitrogens with zero attached hydrogens (tertiary/aromatic N) is 1. The number of ether oxygens (including phenoxy) is 3. The van der Waals surface area contributed by atoms with E-state index in [4.69, 9.17) is 19.9 Å². The Labute approximate surface area is 133 Å². The normalized spacial score (nSPS) is 10.3. The highest BCUT2D eigenvalue weighted by atomic mass is 16.6. The van der Waals surface area contributed by atoms with Crippen molar-refractivity contribution in [1.29, 1.82) is 0 Å². The van der Waals surface area contributed by atoms with Gasteiger partial charge in [-0.25, -0.2) is 0 Å². The van der Waals surface area contributed by atoms with E-state index in [-0.39, 0.29) is 5.69 Å². The molecule has 0 saturated carbocycles. The number of non-ortho nitro benzene ring substituents is 1. The lowest BCUT2D eigenvalue weighted by atomic mass is 10.3. The molecule has 0 atom stereocenters. The molecule has 0 saturated heterocycles. The van der Waals surface area contributed by atoms with Crippen molar-refractivity contribution in [2.75, 3.05) is 32.2 Å². The molecule has 7 heteroatoms. The van der Waals surface area contributed by atoms with Crippen molar-refractivity contribution in [2.45, 2.75) is 0 Å². The van der Waals surface area contributed by atoms with Crippen LogP contribution < -0.4 is 15.2 Å². The van der Waals surface area contributed by atoms with E-state index in [2.05, 4.69) is 0 Å². The largest absolute Gasteiger partial charge is 0.491 e. The SMILES string of the molecule is Nc1ccccc1OCCOCCOc1ccc([N+](=O)[O-])cc1. The van der Waals surface area contributed by atoms with E-state index in [0.29, 0.717) is 43.6 Å². The van der Waals surface area contributed by atoms with Crippen LogP contribution in [0.2, 0.25) is 0 Å². The molecule has 0 radical (unpaired) electrons. The number of hydrogen-bond acceptors (Lipinski definition) is 6. The summed E-state index contributed by atoms with van der Waals surface area (Å²) >= 11 is 0. The third-order valence-electron chi connectivity index (χ3n) is 2.95. The van der Waals surface area contributed by atoms with Crippen LogP contribution in [0.1, 0.15) is 0 Å². The van der Waals surface area contributed by atoms with E-state index in [1.807, 2.05) is 12.1 Å². The van der Waals surface area contributed by atoms with Crippen LogP contribution in [0.25, 0.3) is 0 Å². The Hall–Kier alpha value is -2.80. The number of anilines is 1. The zero-order valence-electron chi connectivity index (χ0n) is 12.5. The smallest absolute Gasteiger partial charge is 0.269 e. The minimum Gasteiger partial charge on any atom is -0.491 e. The lowest BCUT2D eigenvalue weighted by Crippen LogP contribution is -2.12. The molecule has 2 rings (SSSR count). The van der Waals surface area contributed by atoms with Gasteiger partial charge in [-0.05, 0) is 24.3 Å². The van der Waals surface area contributed by atoms with Crippen LogP contribution in [-0.4, -0.2) is 31.4 Å². The fourth-order valence-corrected chi connectivity index (χ4v) is 1.81. The molecular weight excluding hydrogens is 300 g/mol. The summed E-state index contributed by atoms with van der Waals surface area (Å²) in [6.45, 7) is 1.56. The lowest BCUT2D eigenvalue weighted by molar-refractivity contribution is -0.384. The predicted molar refractivity (Wildman–Crippen MR) is 85.8 cm³/mol. The van der Waals surface area contributed by atoms with Gasteiger partial charge in [0.25, 0.3) is 5.69 Å². The maximum Gasteiger partial charge on any atom is 0.269 e. The Morgan fingerprint density at radius 2 is 1.57 bits per heavy atom. The van der Waals surface area contributed by atoms with Gasteiger partial charge < -0.3 is 19.9 Å². The summed E-state index contributed by atoms with van der Waals surface area (Å²) in [5.74, 6) is 1.20. The van der Waals surface area contributed by atoms with E-state index in [1.54, 1.807) is 24.3 Å². The third kappa shape index (κ3) is 5.48. The second-order valence-electron chi connectivity index (χ2n) is 4.60. The van der Waals surface area contributed by atoms with Gasteiger partial charge in [-0.15, -0.1) is 0 Å². The van der Waals surface area contributed by atoms with Crippen molar-refractivity contribution in [1.82, 2.24) is 0 Å². The molecule has 0 amide bonds. The van der Waals surface area contributed by atoms with Crippen LogP contribution in [0.5, 0.6) is 11.5 Å². The average molecular weight is 318 g/mol. The van der Waals surface area contributed by atoms with Crippen molar-refractivity contribution in [3.8, 4) is 11.5 Å². The zero-order valence-corrected chi connectivity index (χ0v) is 12.5. The van der Waals surface area contributed by atoms with Gasteiger partial charge in [-0.2, -0.15) is 0 Å². The first kappa shape index (κ1) is 16.6. The van der Waals surface area contributed by atoms with Gasteiger partial charge in [0.15, 0.2) is 0 Å². The van der Waals surface area contributed by atoms with Gasteiger partial charge in [-0.1, -0.05) is 12.1 Å². The van der Waals surface area contributed by atoms with Gasteiger partial charge in [0, 0.05) is 12.1 Å². The molecule has 0 spiro atoms. The average Bonchev–Trinajstić information content (AvgIpc) is 2.56. The summed E-state index contributed by atoms with van der Waals surface area (Å²) < 4.78 is 16.3. The van der Waals surface area contributed by atoms with E-state index in [1.165, 1.54) is 12.1 Å². The molecule has 0 heterocycles. The molecule has 0 aliphatic carbocycles. The fourth-order valence-electron chi connectivity index (χ4n) is 1.81. The fraction of sp³-hybridized carbons (Fsp3) is 0.250. The van der Waals surface area contributed by atoms with Crippen molar-refractivity contribution in [3.63, 3.8) is 0 Å². The highest BCUT2D eigenvalue weighted by Gasteiger charge is 2.04. The number of benzene rings is 2. The van der Waals surface area contributed by atoms with Crippen molar-refractivity contribution < 1.29 is 19.1 Å². The molecular formula is C16H18N2O5. The maximum absolute atomic E-state index is 10.5. The summed E-state index contributed by atoms with van der Waals surface area (Å²) in [7, 11) is 0. The minimum atomic E-state index is -0.452. The van der Waals surface area contributed by atoms with Gasteiger partial charge in [0.1, 0.15) is 24.7 Å². The topological polar surface area (TPSA) is 96.9 Å². The molecule has 0 aliphatic heterocycles. The minimum absolute atomic E-state index is 0.0333. The molecule has 122 valence electrons. The maximum atomic E-state index is 10.5. The second kappa shape index (κ2) is 8.60. The molecule has 0 aromatic heterocycles. The quantitative estimate of drug-likeness (QED) is 0.330. The van der Waals surface area contributed by atoms with Gasteiger partial charge in [-0.3, -0.25) is 10.1 Å². The summed E-state index contributed by atoms with van der Waals surface area (Å²) in [5.41, 5.74) is 6.37. The van der Waals surface area contributed by atoms with Gasteiger partial charge in [0.05, 0.1) is 23.8 Å². The van der Waals surface area contributed by atoms with Crippen LogP contribution >= 0.6 is 0 Å². The number of nitrogen functional groups attached to an aromatic ring is 1. The zero-order chi connectivity index (χ0) is 16.5. The van der Waals surface area contributed by atoms with Crippen LogP contribution in [0.15, 0.2) is 48.5 Å². The van der Waals surface area contributed by atoms with Crippen molar-refractivity contribution in [2.24, 2.45) is 0 Å². The molecule has 2 N–H and O–H groups in total. The number of hydrogen-bond donors (Lipinski definition) is 1. The van der Waals surface area contributed by atoms with E-state index in [9.17, 15) is 10.1 Å². The van der Waals surface area contributed by atoms with Crippen molar-refractivity contribution >= 4 is 11.4 Å². The highest BCUT2D eigenvalue weighted by molar-refractivity contribution is 5.51. The van der Waals surface area contributed by atoms with Crippen molar-refractivity contribution in [3.05, 3.63) is 58.6 Å². The van der Waals surface area contributed by atoms with Crippen LogP contribution in [0.4, 0.5) is 11.4 Å². The number of para-hydroxylation sites is 2. The Bertz CT molecular complexity index is 631. The predicted octanol–water partition coefficient (Wildman–Crippen LogP) is 2.65. The van der Waals surface area contributed by atoms with Gasteiger partial charge in [0.2, 0.25) is 0 Å². The first-order valence-corrected chi connectivity index (χ1v) is 7.09. The van der Waals surface area contributed by atoms with E-state index >= 15 is 0 Å². The Morgan fingerprint density at radius 1 is 0.913 bits per heavy atom. The number of nitro groups is 1. The summed E-state index contributed by atoms with van der Waals surface area (Å²) in [4.78, 5) is 10.1. The number of rotatable bonds is 9. The molecule has 0 fully saturated rings. The number of nitrogens with two attached hydrogens (primary N) is 1. The van der Waals surface area contributed by atoms with Crippen LogP contribution in [0, 0.1) is 10.1 Å². The first-order chi connectivity index (χ1) is 11.2. The number of nitro benzene ring substituents is 1. The summed E-state index contributed by atoms with van der Waals surface area (Å²) in [6.07, 6.45) is 0. The Balaban J connectivity index is 1.57. The Morgan fingerprint density at radius 3 is 2.22 bits per heavy atom. The summed E-state index contributed by atoms with van der Waals surface area (Å²) in [6, 6.07) is 13.2. The van der Waals surface area contributed by atoms with Crippen LogP contribution in [0.3, 0.4) is 0 Å². The molecule has 2 aromatic carbocycles. The monoisotopic (exact) mass is 318 g/mol. The van der Waals surface area contributed by atoms with Gasteiger partial charge >= 0.3 is 0 Å². The standard InChI is InChI=1S/C16H18N2O5/c17-15-3-1-2-4-16(15)23-12-10-21-9-11-22-14-7-5-13(6-8-14)18(19)20/h1-8H,9-12,17H2. The summed E-state index contributed by atoms with van der Waals surface area (Å²) in [5, 5.41) is 10.5. The first-order valence-electron chi connectivity index (χ1n) is 7.09. The molecule has 7 nitrogen and oxygen atoms in total. The van der Waals surface area contributed by atoms with E-state index in [0.717, 1.165) is 0 Å². The lowest BCUT2D eigenvalue weighted by Gasteiger charge is -2.09. The molecule has 0 aliphatic rings. The second-order valence-corrected chi connectivity index (χ2v) is 4.60. The Kier molecular flexibility index (Phi) is 6.19. The molecule has 0 unspecified atom stereocenters. The third-order valence-corrected chi connectivity index (χ3v) is 2.95. The highest BCUT2D eigenvalue weighted by Crippen LogP contribution is 2.19.